The maximum absolute atomic E-state index is 12.7. The zero-order chi connectivity index (χ0) is 16.0. The molecule has 3 atom stereocenters. The number of fused-ring (bicyclic) bond motifs is 2. The maximum atomic E-state index is 12.7. The molecule has 4 rings (SSSR count). The summed E-state index contributed by atoms with van der Waals surface area (Å²) in [6.45, 7) is 4.56. The van der Waals surface area contributed by atoms with Crippen LogP contribution in [0.2, 0.25) is 0 Å². The van der Waals surface area contributed by atoms with Crippen molar-refractivity contribution in [1.82, 2.24) is 9.80 Å². The van der Waals surface area contributed by atoms with Crippen LogP contribution in [-0.2, 0) is 9.53 Å². The molecule has 3 aliphatic rings. The van der Waals surface area contributed by atoms with Crippen LogP contribution in [-0.4, -0.2) is 60.0 Å². The number of nitrogens with zero attached hydrogens (tertiary/aromatic N) is 2. The normalized spacial score (nSPS) is 30.0. The largest absolute Gasteiger partial charge is 0.456 e. The summed E-state index contributed by atoms with van der Waals surface area (Å²) in [6, 6.07) is 3.50. The van der Waals surface area contributed by atoms with Crippen molar-refractivity contribution in [3.63, 3.8) is 0 Å². The fourth-order valence-corrected chi connectivity index (χ4v) is 3.96. The van der Waals surface area contributed by atoms with E-state index in [1.807, 2.05) is 11.8 Å². The van der Waals surface area contributed by atoms with Crippen LogP contribution in [0.3, 0.4) is 0 Å². The van der Waals surface area contributed by atoms with Crippen LogP contribution in [0.5, 0.6) is 0 Å². The molecule has 4 heterocycles. The summed E-state index contributed by atoms with van der Waals surface area (Å²) >= 11 is 0. The van der Waals surface area contributed by atoms with E-state index in [9.17, 15) is 9.59 Å². The van der Waals surface area contributed by atoms with Gasteiger partial charge in [0.15, 0.2) is 5.76 Å². The molecule has 1 aromatic heterocycles. The Morgan fingerprint density at radius 1 is 1.13 bits per heavy atom. The van der Waals surface area contributed by atoms with Gasteiger partial charge in [-0.05, 0) is 38.3 Å². The number of morpholine rings is 1. The second-order valence-corrected chi connectivity index (χ2v) is 6.79. The summed E-state index contributed by atoms with van der Waals surface area (Å²) in [6.07, 6.45) is 2.69. The van der Waals surface area contributed by atoms with Crippen molar-refractivity contribution in [2.24, 2.45) is 5.92 Å². The van der Waals surface area contributed by atoms with Crippen molar-refractivity contribution in [3.8, 4) is 0 Å². The van der Waals surface area contributed by atoms with Crippen LogP contribution in [0.25, 0.3) is 0 Å². The smallest absolute Gasteiger partial charge is 0.289 e. The summed E-state index contributed by atoms with van der Waals surface area (Å²) in [7, 11) is 0. The van der Waals surface area contributed by atoms with E-state index in [1.54, 1.807) is 17.0 Å². The fourth-order valence-electron chi connectivity index (χ4n) is 3.96. The number of rotatable bonds is 2. The number of hydrogen-bond acceptors (Lipinski definition) is 4. The Balaban J connectivity index is 1.45. The maximum Gasteiger partial charge on any atom is 0.289 e. The van der Waals surface area contributed by atoms with Gasteiger partial charge in [0.05, 0.1) is 18.1 Å². The van der Waals surface area contributed by atoms with Crippen molar-refractivity contribution in [2.45, 2.75) is 38.4 Å². The van der Waals surface area contributed by atoms with E-state index >= 15 is 0 Å². The molecule has 2 bridgehead atoms. The van der Waals surface area contributed by atoms with Gasteiger partial charge >= 0.3 is 0 Å². The molecule has 1 aromatic rings. The minimum atomic E-state index is -0.179. The zero-order valence-electron chi connectivity index (χ0n) is 13.4. The minimum Gasteiger partial charge on any atom is -0.456 e. The van der Waals surface area contributed by atoms with Gasteiger partial charge in [-0.2, -0.15) is 0 Å². The summed E-state index contributed by atoms with van der Waals surface area (Å²) in [4.78, 5) is 28.9. The van der Waals surface area contributed by atoms with Crippen molar-refractivity contribution in [1.29, 1.82) is 0 Å². The lowest BCUT2D eigenvalue weighted by atomic mass is 9.99. The third-order valence-corrected chi connectivity index (χ3v) is 5.13. The predicted octanol–water partition coefficient (Wildman–Crippen LogP) is 1.44. The first-order valence-corrected chi connectivity index (χ1v) is 8.42. The van der Waals surface area contributed by atoms with Gasteiger partial charge in [0, 0.05) is 26.2 Å². The number of hydrogen-bond donors (Lipinski definition) is 0. The first-order chi connectivity index (χ1) is 11.1. The van der Waals surface area contributed by atoms with Crippen LogP contribution in [0.4, 0.5) is 0 Å². The minimum absolute atomic E-state index is 0.0367. The van der Waals surface area contributed by atoms with Crippen molar-refractivity contribution >= 4 is 11.8 Å². The standard InChI is InChI=1S/C17H22N2O4/c1-11-4-5-14(22-11)17(21)19-9-12-8-13(15(10-19)23-12)16(20)18-6-2-3-7-18/h4-5,12-13,15H,2-3,6-10H2,1H3. The molecular weight excluding hydrogens is 296 g/mol. The Kier molecular flexibility index (Phi) is 3.64. The zero-order valence-corrected chi connectivity index (χ0v) is 13.4. The fraction of sp³-hybridized carbons (Fsp3) is 0.647. The molecule has 3 aliphatic heterocycles. The monoisotopic (exact) mass is 318 g/mol. The number of likely N-dealkylation sites (tertiary alicyclic amines) is 2. The van der Waals surface area contributed by atoms with Gasteiger partial charge < -0.3 is 19.0 Å². The lowest BCUT2D eigenvalue weighted by Crippen LogP contribution is -2.48. The van der Waals surface area contributed by atoms with E-state index in [0.29, 0.717) is 18.8 Å². The SMILES string of the molecule is Cc1ccc(C(=O)N2CC3CC(C(=O)N4CCCC4)C(C2)O3)o1. The third kappa shape index (κ3) is 2.65. The number of amides is 2. The van der Waals surface area contributed by atoms with E-state index < -0.39 is 0 Å². The number of furan rings is 1. The quantitative estimate of drug-likeness (QED) is 0.828. The van der Waals surface area contributed by atoms with Gasteiger partial charge in [0.25, 0.3) is 5.91 Å². The second kappa shape index (κ2) is 5.67. The van der Waals surface area contributed by atoms with E-state index in [0.717, 1.165) is 38.1 Å². The Bertz CT molecular complexity index is 620. The molecule has 0 saturated carbocycles. The highest BCUT2D eigenvalue weighted by atomic mass is 16.5. The molecule has 0 radical (unpaired) electrons. The highest BCUT2D eigenvalue weighted by Gasteiger charge is 2.47. The highest BCUT2D eigenvalue weighted by Crippen LogP contribution is 2.34. The third-order valence-electron chi connectivity index (χ3n) is 5.13. The molecule has 0 aromatic carbocycles. The molecule has 6 nitrogen and oxygen atoms in total. The second-order valence-electron chi connectivity index (χ2n) is 6.79. The molecular formula is C17H22N2O4. The van der Waals surface area contributed by atoms with Crippen molar-refractivity contribution in [2.75, 3.05) is 26.2 Å². The van der Waals surface area contributed by atoms with Gasteiger partial charge in [-0.3, -0.25) is 9.59 Å². The molecule has 3 saturated heterocycles. The summed E-state index contributed by atoms with van der Waals surface area (Å²) in [5, 5.41) is 0. The van der Waals surface area contributed by atoms with Gasteiger partial charge in [-0.25, -0.2) is 0 Å². The number of carbonyl (C=O) groups is 2. The lowest BCUT2D eigenvalue weighted by molar-refractivity contribution is -0.137. The van der Waals surface area contributed by atoms with E-state index in [4.69, 9.17) is 9.15 Å². The molecule has 0 spiro atoms. The molecule has 3 unspecified atom stereocenters. The molecule has 23 heavy (non-hydrogen) atoms. The van der Waals surface area contributed by atoms with Crippen molar-refractivity contribution < 1.29 is 18.7 Å². The van der Waals surface area contributed by atoms with E-state index in [2.05, 4.69) is 0 Å². The van der Waals surface area contributed by atoms with Crippen molar-refractivity contribution in [3.05, 3.63) is 23.7 Å². The first-order valence-electron chi connectivity index (χ1n) is 8.42. The number of ether oxygens (including phenoxy) is 1. The van der Waals surface area contributed by atoms with Crippen LogP contribution in [0.1, 0.15) is 35.6 Å². The molecule has 3 fully saturated rings. The molecule has 6 heteroatoms. The predicted molar refractivity (Wildman–Crippen MR) is 81.9 cm³/mol. The van der Waals surface area contributed by atoms with Gasteiger partial charge in [0.2, 0.25) is 5.91 Å². The van der Waals surface area contributed by atoms with Gasteiger partial charge in [-0.1, -0.05) is 0 Å². The summed E-state index contributed by atoms with van der Waals surface area (Å²) in [5.74, 6) is 1.09. The van der Waals surface area contributed by atoms with Gasteiger partial charge in [-0.15, -0.1) is 0 Å². The van der Waals surface area contributed by atoms with Crippen LogP contribution in [0.15, 0.2) is 16.5 Å². The topological polar surface area (TPSA) is 63.0 Å². The lowest BCUT2D eigenvalue weighted by Gasteiger charge is -2.32. The average Bonchev–Trinajstić information content (AvgIpc) is 3.26. The summed E-state index contributed by atoms with van der Waals surface area (Å²) in [5.41, 5.74) is 0. The Morgan fingerprint density at radius 2 is 1.91 bits per heavy atom. The van der Waals surface area contributed by atoms with Gasteiger partial charge in [0.1, 0.15) is 5.76 Å². The highest BCUT2D eigenvalue weighted by molar-refractivity contribution is 5.92. The molecule has 124 valence electrons. The average molecular weight is 318 g/mol. The van der Waals surface area contributed by atoms with Crippen LogP contribution in [0, 0.1) is 12.8 Å². The van der Waals surface area contributed by atoms with E-state index in [1.165, 1.54) is 0 Å². The Labute approximate surface area is 135 Å². The first kappa shape index (κ1) is 14.8. The summed E-state index contributed by atoms with van der Waals surface area (Å²) < 4.78 is 11.4. The molecule has 0 aliphatic carbocycles. The van der Waals surface area contributed by atoms with Crippen LogP contribution < -0.4 is 0 Å². The number of aryl methyl sites for hydroxylation is 1. The Morgan fingerprint density at radius 3 is 2.61 bits per heavy atom. The Hall–Kier alpha value is -1.82. The number of carbonyl (C=O) groups excluding carboxylic acids is 2. The van der Waals surface area contributed by atoms with E-state index in [-0.39, 0.29) is 29.9 Å². The van der Waals surface area contributed by atoms with Crippen LogP contribution >= 0.6 is 0 Å². The molecule has 0 N–H and O–H groups in total. The molecule has 2 amide bonds.